The summed E-state index contributed by atoms with van der Waals surface area (Å²) in [4.78, 5) is 0. The van der Waals surface area contributed by atoms with E-state index >= 15 is 0 Å². The van der Waals surface area contributed by atoms with E-state index in [4.69, 9.17) is 0 Å². The van der Waals surface area contributed by atoms with Crippen LogP contribution >= 0.6 is 0 Å². The molecule has 0 aromatic heterocycles. The number of hydrogen-bond donors (Lipinski definition) is 0. The van der Waals surface area contributed by atoms with Gasteiger partial charge in [0.05, 0.1) is 0 Å². The second kappa shape index (κ2) is 10.1. The van der Waals surface area contributed by atoms with Crippen LogP contribution in [0.1, 0.15) is 75.3 Å². The molecule has 0 aliphatic heterocycles. The summed E-state index contributed by atoms with van der Waals surface area (Å²) < 4.78 is 3.11. The first-order valence-corrected chi connectivity index (χ1v) is 13.3. The Labute approximate surface area is 176 Å². The Hall–Kier alpha value is -0.830. The van der Waals surface area contributed by atoms with Crippen LogP contribution in [0.2, 0.25) is 0 Å². The van der Waals surface area contributed by atoms with Crippen molar-refractivity contribution in [2.75, 3.05) is 0 Å². The molecule has 0 N–H and O–H groups in total. The van der Waals surface area contributed by atoms with Gasteiger partial charge < -0.3 is 0 Å². The SMILES string of the molecule is c1cc([I-]c2ccc(CC3CCCCC3)cc2)ccc1CC1CCCCC1. The number of rotatable bonds is 6. The van der Waals surface area contributed by atoms with Crippen molar-refractivity contribution in [2.24, 2.45) is 11.8 Å². The first-order chi connectivity index (χ1) is 13.3. The summed E-state index contributed by atoms with van der Waals surface area (Å²) in [6, 6.07) is 19.2. The van der Waals surface area contributed by atoms with Crippen molar-refractivity contribution in [1.29, 1.82) is 0 Å². The summed E-state index contributed by atoms with van der Waals surface area (Å²) in [6.07, 6.45) is 17.1. The Morgan fingerprint density at radius 1 is 0.519 bits per heavy atom. The van der Waals surface area contributed by atoms with Gasteiger partial charge in [-0.05, 0) is 0 Å². The first kappa shape index (κ1) is 19.5. The van der Waals surface area contributed by atoms with Crippen LogP contribution in [-0.2, 0) is 12.8 Å². The summed E-state index contributed by atoms with van der Waals surface area (Å²) in [5.41, 5.74) is 3.11. The van der Waals surface area contributed by atoms with Crippen molar-refractivity contribution in [3.63, 3.8) is 0 Å². The average molecular weight is 473 g/mol. The average Bonchev–Trinajstić information content (AvgIpc) is 2.73. The second-order valence-electron chi connectivity index (χ2n) is 8.76. The molecule has 0 spiro atoms. The molecule has 0 saturated heterocycles. The van der Waals surface area contributed by atoms with Crippen LogP contribution < -0.4 is 21.2 Å². The van der Waals surface area contributed by atoms with Crippen LogP contribution in [0.4, 0.5) is 0 Å². The van der Waals surface area contributed by atoms with Crippen molar-refractivity contribution in [2.45, 2.75) is 77.0 Å². The molecule has 2 aliphatic rings. The predicted octanol–water partition coefficient (Wildman–Crippen LogP) is 4.06. The van der Waals surface area contributed by atoms with Gasteiger partial charge in [-0.3, -0.25) is 0 Å². The van der Waals surface area contributed by atoms with E-state index in [2.05, 4.69) is 48.5 Å². The molecule has 0 unspecified atom stereocenters. The molecule has 0 nitrogen and oxygen atoms in total. The van der Waals surface area contributed by atoms with Gasteiger partial charge in [0.2, 0.25) is 0 Å². The molecular weight excluding hydrogens is 439 g/mol. The summed E-state index contributed by atoms with van der Waals surface area (Å²) in [6.45, 7) is 0. The van der Waals surface area contributed by atoms with Gasteiger partial charge in [-0.2, -0.15) is 0 Å². The van der Waals surface area contributed by atoms with E-state index in [9.17, 15) is 0 Å². The van der Waals surface area contributed by atoms with Crippen LogP contribution in [0, 0.1) is 19.0 Å². The van der Waals surface area contributed by atoms with Crippen LogP contribution in [0.3, 0.4) is 0 Å². The molecule has 0 amide bonds. The molecule has 0 atom stereocenters. The first-order valence-electron chi connectivity index (χ1n) is 11.2. The van der Waals surface area contributed by atoms with Crippen LogP contribution in [0.5, 0.6) is 0 Å². The Balaban J connectivity index is 1.29. The molecular formula is C26H34I-. The molecule has 2 aromatic rings. The van der Waals surface area contributed by atoms with E-state index in [0.717, 1.165) is 11.8 Å². The zero-order valence-corrected chi connectivity index (χ0v) is 18.8. The van der Waals surface area contributed by atoms with Gasteiger partial charge in [0, 0.05) is 0 Å². The van der Waals surface area contributed by atoms with Crippen molar-refractivity contribution < 1.29 is 21.2 Å². The third-order valence-corrected chi connectivity index (χ3v) is 9.23. The van der Waals surface area contributed by atoms with Gasteiger partial charge in [-0.25, -0.2) is 0 Å². The normalized spacial score (nSPS) is 19.4. The summed E-state index contributed by atoms with van der Waals surface area (Å²) in [5.74, 6) is 1.88. The standard InChI is InChI=1S/C26H34I/c1-3-7-21(8-4-1)19-23-11-15-25(16-12-23)27-26-17-13-24(14-18-26)20-22-9-5-2-6-10-22/h11-18,21-22H,1-10,19-20H2/q-1. The van der Waals surface area contributed by atoms with Gasteiger partial charge >= 0.3 is 177 Å². The molecule has 27 heavy (non-hydrogen) atoms. The number of benzene rings is 2. The van der Waals surface area contributed by atoms with Gasteiger partial charge in [0.1, 0.15) is 0 Å². The fourth-order valence-electron chi connectivity index (χ4n) is 4.94. The van der Waals surface area contributed by atoms with Gasteiger partial charge in [-0.15, -0.1) is 0 Å². The Morgan fingerprint density at radius 2 is 0.889 bits per heavy atom. The van der Waals surface area contributed by atoms with Crippen molar-refractivity contribution in [3.05, 3.63) is 66.8 Å². The van der Waals surface area contributed by atoms with Crippen LogP contribution in [0.15, 0.2) is 48.5 Å². The maximum atomic E-state index is 2.40. The molecule has 4 rings (SSSR count). The zero-order valence-electron chi connectivity index (χ0n) is 16.6. The maximum absolute atomic E-state index is 2.40. The Kier molecular flexibility index (Phi) is 7.28. The molecule has 2 aliphatic carbocycles. The molecule has 0 heterocycles. The van der Waals surface area contributed by atoms with Gasteiger partial charge in [-0.1, -0.05) is 0 Å². The second-order valence-corrected chi connectivity index (χ2v) is 11.8. The van der Waals surface area contributed by atoms with E-state index in [1.807, 2.05) is 0 Å². The van der Waals surface area contributed by atoms with E-state index < -0.39 is 0 Å². The fraction of sp³-hybridized carbons (Fsp3) is 0.538. The zero-order chi connectivity index (χ0) is 18.3. The Bertz CT molecular complexity index is 612. The third-order valence-electron chi connectivity index (χ3n) is 6.54. The van der Waals surface area contributed by atoms with Crippen molar-refractivity contribution in [3.8, 4) is 0 Å². The summed E-state index contributed by atoms with van der Waals surface area (Å²) >= 11 is -0.0383. The molecule has 0 radical (unpaired) electrons. The third kappa shape index (κ3) is 6.07. The van der Waals surface area contributed by atoms with E-state index in [1.165, 1.54) is 77.0 Å². The van der Waals surface area contributed by atoms with Crippen molar-refractivity contribution >= 4 is 0 Å². The summed E-state index contributed by atoms with van der Waals surface area (Å²) in [5, 5.41) is 0. The molecule has 2 saturated carbocycles. The quantitative estimate of drug-likeness (QED) is 0.556. The van der Waals surface area contributed by atoms with Gasteiger partial charge in [0.15, 0.2) is 0 Å². The molecule has 146 valence electrons. The number of halogens is 1. The summed E-state index contributed by atoms with van der Waals surface area (Å²) in [7, 11) is 0. The molecule has 2 fully saturated rings. The molecule has 2 aromatic carbocycles. The van der Waals surface area contributed by atoms with Crippen LogP contribution in [0.25, 0.3) is 0 Å². The minimum atomic E-state index is -0.0383. The minimum absolute atomic E-state index is 0.0383. The molecule has 1 heteroatoms. The van der Waals surface area contributed by atoms with E-state index in [-0.39, 0.29) is 21.2 Å². The van der Waals surface area contributed by atoms with E-state index in [1.54, 1.807) is 18.3 Å². The van der Waals surface area contributed by atoms with Crippen molar-refractivity contribution in [1.82, 2.24) is 0 Å². The van der Waals surface area contributed by atoms with E-state index in [0.29, 0.717) is 0 Å². The Morgan fingerprint density at radius 3 is 1.26 bits per heavy atom. The van der Waals surface area contributed by atoms with Gasteiger partial charge in [0.25, 0.3) is 0 Å². The monoisotopic (exact) mass is 473 g/mol. The predicted molar refractivity (Wildman–Crippen MR) is 111 cm³/mol. The van der Waals surface area contributed by atoms with Crippen LogP contribution in [-0.4, -0.2) is 0 Å². The topological polar surface area (TPSA) is 0 Å². The molecule has 0 bridgehead atoms. The number of hydrogen-bond acceptors (Lipinski definition) is 0. The fourth-order valence-corrected chi connectivity index (χ4v) is 7.10.